The van der Waals surface area contributed by atoms with E-state index in [1.807, 2.05) is 6.92 Å². The molecule has 1 unspecified atom stereocenters. The predicted octanol–water partition coefficient (Wildman–Crippen LogP) is 2.09. The molecule has 19 heavy (non-hydrogen) atoms. The molecule has 1 N–H and O–H groups in total. The average Bonchev–Trinajstić information content (AvgIpc) is 2.32. The number of hydrogen-bond acceptors (Lipinski definition) is 4. The van der Waals surface area contributed by atoms with Crippen molar-refractivity contribution in [3.63, 3.8) is 0 Å². The summed E-state index contributed by atoms with van der Waals surface area (Å²) >= 11 is 0. The molecule has 0 aliphatic heterocycles. The monoisotopic (exact) mass is 256 g/mol. The first-order chi connectivity index (χ1) is 8.99. The van der Waals surface area contributed by atoms with Gasteiger partial charge in [-0.1, -0.05) is 6.92 Å². The van der Waals surface area contributed by atoms with Crippen LogP contribution in [0.4, 0.5) is 0 Å². The number of rotatable bonds is 0. The summed E-state index contributed by atoms with van der Waals surface area (Å²) in [6.07, 6.45) is 3.32. The molecule has 0 saturated carbocycles. The second-order valence-electron chi connectivity index (χ2n) is 5.18. The van der Waals surface area contributed by atoms with Gasteiger partial charge in [0.05, 0.1) is 11.1 Å². The Bertz CT molecular complexity index is 667. The van der Waals surface area contributed by atoms with Gasteiger partial charge in [0.2, 0.25) is 0 Å². The SMILES string of the molecule is CC1CC(=O)c2c(cc3c(c2O)C(=O)C=CC3=O)C1. The minimum Gasteiger partial charge on any atom is -0.506 e. The maximum Gasteiger partial charge on any atom is 0.190 e. The normalized spacial score (nSPS) is 21.3. The fourth-order valence-electron chi connectivity index (χ4n) is 2.83. The smallest absolute Gasteiger partial charge is 0.190 e. The van der Waals surface area contributed by atoms with Crippen molar-refractivity contribution in [2.75, 3.05) is 0 Å². The Morgan fingerprint density at radius 3 is 2.47 bits per heavy atom. The summed E-state index contributed by atoms with van der Waals surface area (Å²) < 4.78 is 0. The molecule has 0 saturated heterocycles. The molecule has 1 atom stereocenters. The molecule has 0 spiro atoms. The topological polar surface area (TPSA) is 71.4 Å². The van der Waals surface area contributed by atoms with Gasteiger partial charge in [0, 0.05) is 12.0 Å². The minimum atomic E-state index is -0.429. The molecule has 1 aromatic rings. The van der Waals surface area contributed by atoms with E-state index < -0.39 is 5.78 Å². The molecular weight excluding hydrogens is 244 g/mol. The number of allylic oxidation sites excluding steroid dienone is 2. The van der Waals surface area contributed by atoms with Gasteiger partial charge in [0.15, 0.2) is 17.3 Å². The number of carbonyl (C=O) groups is 3. The van der Waals surface area contributed by atoms with Crippen LogP contribution < -0.4 is 0 Å². The zero-order valence-corrected chi connectivity index (χ0v) is 10.4. The number of carbonyl (C=O) groups excluding carboxylic acids is 3. The van der Waals surface area contributed by atoms with Gasteiger partial charge < -0.3 is 5.11 Å². The Morgan fingerprint density at radius 2 is 1.74 bits per heavy atom. The highest BCUT2D eigenvalue weighted by atomic mass is 16.3. The first-order valence-corrected chi connectivity index (χ1v) is 6.17. The van der Waals surface area contributed by atoms with Gasteiger partial charge in [0.1, 0.15) is 5.75 Å². The molecule has 0 aromatic heterocycles. The van der Waals surface area contributed by atoms with Gasteiger partial charge in [0.25, 0.3) is 0 Å². The van der Waals surface area contributed by atoms with E-state index in [4.69, 9.17) is 0 Å². The molecule has 1 aromatic carbocycles. The van der Waals surface area contributed by atoms with Crippen LogP contribution >= 0.6 is 0 Å². The minimum absolute atomic E-state index is 0.0332. The number of phenols is 1. The first kappa shape index (κ1) is 11.8. The summed E-state index contributed by atoms with van der Waals surface area (Å²) in [7, 11) is 0. The molecule has 96 valence electrons. The molecular formula is C15H12O4. The molecule has 0 fully saturated rings. The van der Waals surface area contributed by atoms with Crippen molar-refractivity contribution in [1.29, 1.82) is 0 Å². The highest BCUT2D eigenvalue weighted by molar-refractivity contribution is 6.24. The third kappa shape index (κ3) is 1.63. The zero-order valence-electron chi connectivity index (χ0n) is 10.4. The van der Waals surface area contributed by atoms with Crippen LogP contribution in [-0.2, 0) is 6.42 Å². The number of phenolic OH excluding ortho intramolecular Hbond substituents is 1. The standard InChI is InChI=1S/C15H12O4/c1-7-4-8-6-9-10(16)2-3-11(17)14(9)15(19)13(8)12(18)5-7/h2-3,6-7,19H,4-5H2,1H3. The summed E-state index contributed by atoms with van der Waals surface area (Å²) in [5.74, 6) is -1.04. The van der Waals surface area contributed by atoms with Crippen LogP contribution in [0.3, 0.4) is 0 Å². The molecule has 0 bridgehead atoms. The quantitative estimate of drug-likeness (QED) is 0.771. The summed E-state index contributed by atoms with van der Waals surface area (Å²) in [6.45, 7) is 1.95. The van der Waals surface area contributed by atoms with Crippen LogP contribution in [0.1, 0.15) is 50.0 Å². The van der Waals surface area contributed by atoms with E-state index in [9.17, 15) is 19.5 Å². The number of Topliss-reactive ketones (excluding diaryl/α,β-unsaturated/α-hetero) is 1. The Labute approximate surface area is 109 Å². The number of aromatic hydroxyl groups is 1. The third-order valence-electron chi connectivity index (χ3n) is 3.66. The van der Waals surface area contributed by atoms with Crippen molar-refractivity contribution in [3.8, 4) is 5.75 Å². The Kier molecular flexibility index (Phi) is 2.42. The predicted molar refractivity (Wildman–Crippen MR) is 67.7 cm³/mol. The van der Waals surface area contributed by atoms with Crippen LogP contribution in [-0.4, -0.2) is 22.5 Å². The van der Waals surface area contributed by atoms with Crippen molar-refractivity contribution >= 4 is 17.3 Å². The van der Waals surface area contributed by atoms with Gasteiger partial charge in [-0.2, -0.15) is 0 Å². The number of hydrogen-bond donors (Lipinski definition) is 1. The van der Waals surface area contributed by atoms with Crippen molar-refractivity contribution in [1.82, 2.24) is 0 Å². The molecule has 4 heteroatoms. The van der Waals surface area contributed by atoms with Crippen molar-refractivity contribution < 1.29 is 19.5 Å². The fraction of sp³-hybridized carbons (Fsp3) is 0.267. The second kappa shape index (κ2) is 3.88. The molecule has 2 aliphatic rings. The van der Waals surface area contributed by atoms with Crippen LogP contribution in [0.2, 0.25) is 0 Å². The number of benzene rings is 1. The van der Waals surface area contributed by atoms with Crippen LogP contribution in [0.5, 0.6) is 5.75 Å². The van der Waals surface area contributed by atoms with E-state index in [1.165, 1.54) is 6.08 Å². The lowest BCUT2D eigenvalue weighted by Crippen LogP contribution is -2.22. The Hall–Kier alpha value is -2.23. The van der Waals surface area contributed by atoms with Gasteiger partial charge in [-0.15, -0.1) is 0 Å². The molecule has 0 amide bonds. The van der Waals surface area contributed by atoms with Gasteiger partial charge >= 0.3 is 0 Å². The summed E-state index contributed by atoms with van der Waals surface area (Å²) in [5, 5.41) is 10.2. The van der Waals surface area contributed by atoms with Crippen LogP contribution in [0.25, 0.3) is 0 Å². The van der Waals surface area contributed by atoms with E-state index >= 15 is 0 Å². The third-order valence-corrected chi connectivity index (χ3v) is 3.66. The van der Waals surface area contributed by atoms with Crippen molar-refractivity contribution in [2.24, 2.45) is 5.92 Å². The second-order valence-corrected chi connectivity index (χ2v) is 5.18. The van der Waals surface area contributed by atoms with Gasteiger partial charge in [-0.3, -0.25) is 14.4 Å². The lowest BCUT2D eigenvalue weighted by Gasteiger charge is -2.24. The molecule has 4 nitrogen and oxygen atoms in total. The maximum atomic E-state index is 12.0. The lowest BCUT2D eigenvalue weighted by molar-refractivity contribution is 0.0946. The fourth-order valence-corrected chi connectivity index (χ4v) is 2.83. The van der Waals surface area contributed by atoms with Crippen LogP contribution in [0.15, 0.2) is 18.2 Å². The number of fused-ring (bicyclic) bond motifs is 2. The number of ketones is 3. The lowest BCUT2D eigenvalue weighted by atomic mass is 9.79. The zero-order chi connectivity index (χ0) is 13.7. The van der Waals surface area contributed by atoms with E-state index in [1.54, 1.807) is 6.07 Å². The average molecular weight is 256 g/mol. The molecule has 0 heterocycles. The van der Waals surface area contributed by atoms with Crippen molar-refractivity contribution in [3.05, 3.63) is 40.5 Å². The molecule has 3 rings (SSSR count). The largest absolute Gasteiger partial charge is 0.506 e. The van der Waals surface area contributed by atoms with E-state index in [0.29, 0.717) is 18.4 Å². The maximum absolute atomic E-state index is 12.0. The van der Waals surface area contributed by atoms with E-state index in [0.717, 1.165) is 6.08 Å². The van der Waals surface area contributed by atoms with Gasteiger partial charge in [-0.05, 0) is 36.1 Å². The summed E-state index contributed by atoms with van der Waals surface area (Å²) in [6, 6.07) is 1.58. The van der Waals surface area contributed by atoms with E-state index in [2.05, 4.69) is 0 Å². The highest BCUT2D eigenvalue weighted by Crippen LogP contribution is 2.37. The first-order valence-electron chi connectivity index (χ1n) is 6.17. The summed E-state index contributed by atoms with van der Waals surface area (Å²) in [5.41, 5.74) is 1.05. The van der Waals surface area contributed by atoms with Crippen LogP contribution in [0, 0.1) is 5.92 Å². The van der Waals surface area contributed by atoms with Crippen molar-refractivity contribution in [2.45, 2.75) is 19.8 Å². The summed E-state index contributed by atoms with van der Waals surface area (Å²) in [4.78, 5) is 35.6. The Morgan fingerprint density at radius 1 is 1.05 bits per heavy atom. The Balaban J connectivity index is 2.32. The molecule has 0 radical (unpaired) electrons. The highest BCUT2D eigenvalue weighted by Gasteiger charge is 2.32. The molecule has 2 aliphatic carbocycles. The van der Waals surface area contributed by atoms with E-state index in [-0.39, 0.29) is 39.9 Å². The van der Waals surface area contributed by atoms with Gasteiger partial charge in [-0.25, -0.2) is 0 Å².